The van der Waals surface area contributed by atoms with Crippen molar-refractivity contribution in [3.05, 3.63) is 58.7 Å². The summed E-state index contributed by atoms with van der Waals surface area (Å²) in [6, 6.07) is 9.74. The number of aromatic hydroxyl groups is 1. The molecule has 0 amide bonds. The lowest BCUT2D eigenvalue weighted by atomic mass is 9.82. The maximum absolute atomic E-state index is 12.9. The molecule has 2 N–H and O–H groups in total. The van der Waals surface area contributed by atoms with Crippen LogP contribution in [0.15, 0.2) is 36.4 Å². The van der Waals surface area contributed by atoms with Gasteiger partial charge < -0.3 is 19.9 Å². The van der Waals surface area contributed by atoms with Crippen LogP contribution in [0, 0.1) is 0 Å². The number of carbonyl (C=O) groups is 2. The molecule has 1 aliphatic rings. The van der Waals surface area contributed by atoms with E-state index in [9.17, 15) is 14.7 Å². The molecule has 26 heavy (non-hydrogen) atoms. The number of hydrogen-bond acceptors (Lipinski definition) is 6. The molecule has 3 rings (SSSR count). The predicted octanol–water partition coefficient (Wildman–Crippen LogP) is 2.63. The average Bonchev–Trinajstić information content (AvgIpc) is 2.66. The smallest absolute Gasteiger partial charge is 0.198 e. The van der Waals surface area contributed by atoms with E-state index in [1.165, 1.54) is 6.07 Å². The first-order valence-electron chi connectivity index (χ1n) is 8.50. The average molecular weight is 355 g/mol. The van der Waals surface area contributed by atoms with Gasteiger partial charge in [0, 0.05) is 37.1 Å². The summed E-state index contributed by atoms with van der Waals surface area (Å²) in [5.74, 6) is -0.773. The zero-order chi connectivity index (χ0) is 18.5. The molecule has 2 aromatic rings. The minimum absolute atomic E-state index is 0.0649. The molecule has 0 heterocycles. The summed E-state index contributed by atoms with van der Waals surface area (Å²) in [5, 5.41) is 13.3. The molecule has 0 spiro atoms. The molecule has 0 saturated carbocycles. The Hall–Kier alpha value is -2.70. The van der Waals surface area contributed by atoms with Crippen LogP contribution in [0.2, 0.25) is 0 Å². The van der Waals surface area contributed by atoms with Gasteiger partial charge in [-0.3, -0.25) is 9.59 Å². The van der Waals surface area contributed by atoms with E-state index in [1.807, 2.05) is 0 Å². The molecule has 6 heteroatoms. The van der Waals surface area contributed by atoms with E-state index in [1.54, 1.807) is 37.4 Å². The van der Waals surface area contributed by atoms with Crippen LogP contribution in [-0.2, 0) is 9.47 Å². The standard InChI is InChI=1S/C20H21NO5/c1-25-11-12-26-10-4-9-21-15-7-8-16(22)18-17(15)19(23)13-5-2-3-6-14(13)20(18)24/h2-3,5-8,21-22H,4,9-12H2,1H3. The van der Waals surface area contributed by atoms with Crippen molar-refractivity contribution in [2.75, 3.05) is 38.8 Å². The molecule has 0 fully saturated rings. The number of nitrogens with one attached hydrogen (secondary N) is 1. The second kappa shape index (κ2) is 8.12. The van der Waals surface area contributed by atoms with Gasteiger partial charge in [0.15, 0.2) is 11.6 Å². The molecule has 0 aromatic heterocycles. The maximum atomic E-state index is 12.9. The van der Waals surface area contributed by atoms with Crippen molar-refractivity contribution >= 4 is 17.3 Å². The Morgan fingerprint density at radius 3 is 2.31 bits per heavy atom. The van der Waals surface area contributed by atoms with E-state index in [4.69, 9.17) is 9.47 Å². The highest BCUT2D eigenvalue weighted by atomic mass is 16.5. The lowest BCUT2D eigenvalue weighted by Gasteiger charge is -2.21. The van der Waals surface area contributed by atoms with Crippen molar-refractivity contribution in [3.63, 3.8) is 0 Å². The van der Waals surface area contributed by atoms with Gasteiger partial charge in [0.1, 0.15) is 5.75 Å². The summed E-state index contributed by atoms with van der Waals surface area (Å²) >= 11 is 0. The minimum Gasteiger partial charge on any atom is -0.507 e. The van der Waals surface area contributed by atoms with Crippen LogP contribution >= 0.6 is 0 Å². The Bertz CT molecular complexity index is 831. The summed E-state index contributed by atoms with van der Waals surface area (Å²) in [4.78, 5) is 25.6. The van der Waals surface area contributed by atoms with Crippen LogP contribution < -0.4 is 5.32 Å². The summed E-state index contributed by atoms with van der Waals surface area (Å²) < 4.78 is 10.3. The summed E-state index contributed by atoms with van der Waals surface area (Å²) in [6.45, 7) is 2.23. The van der Waals surface area contributed by atoms with Gasteiger partial charge in [0.2, 0.25) is 0 Å². The molecule has 6 nitrogen and oxygen atoms in total. The molecular weight excluding hydrogens is 334 g/mol. The van der Waals surface area contributed by atoms with E-state index >= 15 is 0 Å². The largest absolute Gasteiger partial charge is 0.507 e. The zero-order valence-electron chi connectivity index (χ0n) is 14.6. The van der Waals surface area contributed by atoms with Gasteiger partial charge in [0.25, 0.3) is 0 Å². The molecule has 136 valence electrons. The van der Waals surface area contributed by atoms with Crippen LogP contribution in [-0.4, -0.2) is 50.1 Å². The third-order valence-corrected chi connectivity index (χ3v) is 4.27. The highest BCUT2D eigenvalue weighted by molar-refractivity contribution is 6.31. The van der Waals surface area contributed by atoms with Crippen molar-refractivity contribution in [1.29, 1.82) is 0 Å². The van der Waals surface area contributed by atoms with Gasteiger partial charge in [-0.15, -0.1) is 0 Å². The first-order chi connectivity index (χ1) is 12.6. The van der Waals surface area contributed by atoms with Crippen LogP contribution in [0.5, 0.6) is 5.75 Å². The summed E-state index contributed by atoms with van der Waals surface area (Å²) in [7, 11) is 1.62. The van der Waals surface area contributed by atoms with Crippen LogP contribution in [0.4, 0.5) is 5.69 Å². The first-order valence-corrected chi connectivity index (χ1v) is 8.50. The van der Waals surface area contributed by atoms with Crippen LogP contribution in [0.25, 0.3) is 0 Å². The normalized spacial score (nSPS) is 12.7. The molecule has 2 aromatic carbocycles. The van der Waals surface area contributed by atoms with Gasteiger partial charge in [0.05, 0.1) is 24.3 Å². The quantitative estimate of drug-likeness (QED) is 0.477. The maximum Gasteiger partial charge on any atom is 0.198 e. The third-order valence-electron chi connectivity index (χ3n) is 4.27. The first kappa shape index (κ1) is 18.1. The number of hydrogen-bond donors (Lipinski definition) is 2. The van der Waals surface area contributed by atoms with E-state index in [2.05, 4.69) is 5.32 Å². The Balaban J connectivity index is 1.78. The van der Waals surface area contributed by atoms with E-state index in [0.29, 0.717) is 43.2 Å². The Labute approximate surface area is 151 Å². The number of methoxy groups -OCH3 is 1. The topological polar surface area (TPSA) is 84.9 Å². The van der Waals surface area contributed by atoms with Gasteiger partial charge in [-0.05, 0) is 18.6 Å². The molecule has 0 aliphatic heterocycles. The zero-order valence-corrected chi connectivity index (χ0v) is 14.6. The lowest BCUT2D eigenvalue weighted by Crippen LogP contribution is -2.23. The molecular formula is C20H21NO5. The highest BCUT2D eigenvalue weighted by Crippen LogP contribution is 2.36. The van der Waals surface area contributed by atoms with Gasteiger partial charge in [-0.2, -0.15) is 0 Å². The number of rotatable bonds is 8. The second-order valence-corrected chi connectivity index (χ2v) is 5.97. The Kier molecular flexibility index (Phi) is 5.65. The number of ketones is 2. The second-order valence-electron chi connectivity index (χ2n) is 5.97. The fourth-order valence-electron chi connectivity index (χ4n) is 2.99. The van der Waals surface area contributed by atoms with Gasteiger partial charge in [-0.1, -0.05) is 24.3 Å². The number of anilines is 1. The van der Waals surface area contributed by atoms with Gasteiger partial charge >= 0.3 is 0 Å². The Morgan fingerprint density at radius 1 is 0.923 bits per heavy atom. The van der Waals surface area contributed by atoms with Gasteiger partial charge in [-0.25, -0.2) is 0 Å². The summed E-state index contributed by atoms with van der Waals surface area (Å²) in [6.07, 6.45) is 0.734. The Morgan fingerprint density at radius 2 is 1.62 bits per heavy atom. The number of carbonyl (C=O) groups excluding carboxylic acids is 2. The number of benzene rings is 2. The predicted molar refractivity (Wildman–Crippen MR) is 97.2 cm³/mol. The molecule has 0 radical (unpaired) electrons. The van der Waals surface area contributed by atoms with Crippen molar-refractivity contribution in [3.8, 4) is 5.75 Å². The number of ether oxygens (including phenoxy) is 2. The number of fused-ring (bicyclic) bond motifs is 2. The fourth-order valence-corrected chi connectivity index (χ4v) is 2.99. The van der Waals surface area contributed by atoms with E-state index in [0.717, 1.165) is 6.42 Å². The van der Waals surface area contributed by atoms with E-state index in [-0.39, 0.29) is 28.4 Å². The lowest BCUT2D eigenvalue weighted by molar-refractivity contribution is 0.0705. The number of phenols is 1. The SMILES string of the molecule is COCCOCCCNc1ccc(O)c2c1C(=O)c1ccccc1C2=O. The van der Waals surface area contributed by atoms with Crippen LogP contribution in [0.3, 0.4) is 0 Å². The molecule has 1 aliphatic carbocycles. The van der Waals surface area contributed by atoms with Crippen molar-refractivity contribution < 1.29 is 24.2 Å². The van der Waals surface area contributed by atoms with E-state index < -0.39 is 0 Å². The molecule has 0 atom stereocenters. The summed E-state index contributed by atoms with van der Waals surface area (Å²) in [5.41, 5.74) is 1.53. The number of phenolic OH excluding ortho intramolecular Hbond substituents is 1. The molecule has 0 bridgehead atoms. The third kappa shape index (κ3) is 3.47. The van der Waals surface area contributed by atoms with Crippen molar-refractivity contribution in [2.45, 2.75) is 6.42 Å². The monoisotopic (exact) mass is 355 g/mol. The van der Waals surface area contributed by atoms with Crippen molar-refractivity contribution in [2.24, 2.45) is 0 Å². The fraction of sp³-hybridized carbons (Fsp3) is 0.300. The highest BCUT2D eigenvalue weighted by Gasteiger charge is 2.33. The minimum atomic E-state index is -0.334. The molecule has 0 saturated heterocycles. The van der Waals surface area contributed by atoms with Crippen LogP contribution in [0.1, 0.15) is 38.3 Å². The molecule has 0 unspecified atom stereocenters. The van der Waals surface area contributed by atoms with Crippen molar-refractivity contribution in [1.82, 2.24) is 0 Å².